The number of H-pyrrole nitrogens is 1. The number of likely N-dealkylation sites (N-methyl/N-ethyl adjacent to an activating group) is 1. The third kappa shape index (κ3) is 3.06. The van der Waals surface area contributed by atoms with Crippen molar-refractivity contribution in [3.8, 4) is 28.8 Å². The molecule has 0 amide bonds. The van der Waals surface area contributed by atoms with Crippen molar-refractivity contribution in [3.63, 3.8) is 0 Å². The van der Waals surface area contributed by atoms with Gasteiger partial charge in [-0.15, -0.1) is 0 Å². The van der Waals surface area contributed by atoms with Gasteiger partial charge in [0.05, 0.1) is 31.8 Å². The predicted octanol–water partition coefficient (Wildman–Crippen LogP) is 1.01. The Hall–Kier alpha value is -3.37. The first-order valence-electron chi connectivity index (χ1n) is 10.0. The van der Waals surface area contributed by atoms with Crippen LogP contribution >= 0.6 is 12.2 Å². The minimum absolute atomic E-state index is 0.0264. The minimum atomic E-state index is -0.623. The molecule has 0 aliphatic carbocycles. The normalized spacial score (nSPS) is 19.0. The van der Waals surface area contributed by atoms with Gasteiger partial charge in [0.25, 0.3) is 5.56 Å². The highest BCUT2D eigenvalue weighted by molar-refractivity contribution is 7.71. The van der Waals surface area contributed by atoms with E-state index in [4.69, 9.17) is 26.4 Å². The molecule has 2 N–H and O–H groups in total. The summed E-state index contributed by atoms with van der Waals surface area (Å²) in [5, 5.41) is 13.7. The van der Waals surface area contributed by atoms with E-state index in [2.05, 4.69) is 4.98 Å². The molecule has 0 radical (unpaired) electrons. The Morgan fingerprint density at radius 2 is 2.03 bits per heavy atom. The van der Waals surface area contributed by atoms with Gasteiger partial charge in [-0.05, 0) is 54.0 Å². The molecule has 0 spiro atoms. The molecule has 32 heavy (non-hydrogen) atoms. The van der Waals surface area contributed by atoms with Crippen LogP contribution in [0.2, 0.25) is 0 Å². The predicted molar refractivity (Wildman–Crippen MR) is 113 cm³/mol. The van der Waals surface area contributed by atoms with Gasteiger partial charge in [0.15, 0.2) is 16.3 Å². The molecule has 3 aromatic rings. The van der Waals surface area contributed by atoms with Gasteiger partial charge in [-0.1, -0.05) is 0 Å². The van der Waals surface area contributed by atoms with Crippen LogP contribution in [0.25, 0.3) is 5.69 Å². The summed E-state index contributed by atoms with van der Waals surface area (Å²) in [5.41, 5.74) is 1.47. The molecule has 1 aromatic heterocycles. The number of aromatic nitrogens is 2. The largest absolute Gasteiger partial charge is 0.859 e. The number of rotatable bonds is 3. The molecule has 0 saturated heterocycles. The van der Waals surface area contributed by atoms with E-state index in [1.807, 2.05) is 13.1 Å². The fourth-order valence-electron chi connectivity index (χ4n) is 4.53. The highest BCUT2D eigenvalue weighted by Gasteiger charge is 2.39. The quantitative estimate of drug-likeness (QED) is 0.571. The van der Waals surface area contributed by atoms with Crippen LogP contribution in [-0.4, -0.2) is 37.0 Å². The third-order valence-electron chi connectivity index (χ3n) is 5.99. The third-order valence-corrected chi connectivity index (χ3v) is 6.28. The number of halogens is 1. The summed E-state index contributed by atoms with van der Waals surface area (Å²) in [6.45, 7) is 0.760. The molecule has 8 nitrogen and oxygen atoms in total. The van der Waals surface area contributed by atoms with Crippen molar-refractivity contribution in [2.45, 2.75) is 12.5 Å². The van der Waals surface area contributed by atoms with Crippen molar-refractivity contribution in [1.82, 2.24) is 9.55 Å². The average molecular weight is 457 g/mol. The Morgan fingerprint density at radius 1 is 1.28 bits per heavy atom. The van der Waals surface area contributed by atoms with E-state index in [1.54, 1.807) is 0 Å². The van der Waals surface area contributed by atoms with Gasteiger partial charge in [0.1, 0.15) is 11.9 Å². The van der Waals surface area contributed by atoms with Gasteiger partial charge in [-0.25, -0.2) is 4.39 Å². The monoisotopic (exact) mass is 457 g/mol. The number of nitrogens with zero attached hydrogens (tertiary/aromatic N) is 1. The Kier molecular flexibility index (Phi) is 4.90. The number of fused-ring (bicyclic) bond motifs is 2. The highest BCUT2D eigenvalue weighted by Crippen LogP contribution is 2.48. The maximum absolute atomic E-state index is 13.7. The Morgan fingerprint density at radius 3 is 2.75 bits per heavy atom. The lowest BCUT2D eigenvalue weighted by Crippen LogP contribution is -3.10. The van der Waals surface area contributed by atoms with Gasteiger partial charge < -0.3 is 28.8 Å². The van der Waals surface area contributed by atoms with Crippen LogP contribution in [0.3, 0.4) is 0 Å². The van der Waals surface area contributed by atoms with Crippen LogP contribution in [0.4, 0.5) is 4.39 Å². The van der Waals surface area contributed by atoms with Crippen molar-refractivity contribution < 1.29 is 28.6 Å². The summed E-state index contributed by atoms with van der Waals surface area (Å²) in [6.07, 6.45) is 0.716. The molecular formula is C22H20FN3O5S. The molecular weight excluding hydrogens is 437 g/mol. The van der Waals surface area contributed by atoms with E-state index in [1.165, 1.54) is 35.9 Å². The molecule has 2 aliphatic heterocycles. The fraction of sp³-hybridized carbons (Fsp3) is 0.273. The molecule has 2 aromatic carbocycles. The average Bonchev–Trinajstić information content (AvgIpc) is 3.23. The molecule has 0 fully saturated rings. The SMILES string of the molecule is COc1c2c(cc3c1[C@@H](c1c([O-])n(-c4ccc(F)cc4)c(=S)[nH]c1=O)[NH+](C)CC3)OCO2. The number of methoxy groups -OCH3 is 1. The Balaban J connectivity index is 1.78. The molecule has 2 atom stereocenters. The highest BCUT2D eigenvalue weighted by atomic mass is 32.1. The second kappa shape index (κ2) is 7.64. The van der Waals surface area contributed by atoms with Crippen LogP contribution in [0, 0.1) is 10.6 Å². The maximum atomic E-state index is 13.7. The first-order valence-corrected chi connectivity index (χ1v) is 10.5. The number of quaternary nitrogens is 1. The fourth-order valence-corrected chi connectivity index (χ4v) is 4.81. The van der Waals surface area contributed by atoms with Crippen LogP contribution < -0.4 is 29.8 Å². The smallest absolute Gasteiger partial charge is 0.260 e. The molecule has 166 valence electrons. The number of nitrogens with one attached hydrogen (secondary N) is 2. The van der Waals surface area contributed by atoms with Crippen LogP contribution in [0.15, 0.2) is 35.1 Å². The van der Waals surface area contributed by atoms with Crippen LogP contribution in [0.1, 0.15) is 22.7 Å². The molecule has 0 bridgehead atoms. The molecule has 2 aliphatic rings. The molecule has 10 heteroatoms. The summed E-state index contributed by atoms with van der Waals surface area (Å²) in [7, 11) is 3.44. The molecule has 3 heterocycles. The number of aromatic amines is 1. The van der Waals surface area contributed by atoms with E-state index < -0.39 is 23.3 Å². The van der Waals surface area contributed by atoms with Crippen molar-refractivity contribution in [1.29, 1.82) is 0 Å². The van der Waals surface area contributed by atoms with E-state index in [0.717, 1.165) is 10.5 Å². The van der Waals surface area contributed by atoms with Crippen molar-refractivity contribution in [3.05, 3.63) is 68.0 Å². The maximum Gasteiger partial charge on any atom is 0.260 e. The minimum Gasteiger partial charge on any atom is -0.859 e. The van der Waals surface area contributed by atoms with E-state index in [-0.39, 0.29) is 17.1 Å². The van der Waals surface area contributed by atoms with Crippen LogP contribution in [-0.2, 0) is 6.42 Å². The molecule has 5 rings (SSSR count). The summed E-state index contributed by atoms with van der Waals surface area (Å²) >= 11 is 5.27. The first kappa shape index (κ1) is 20.5. The van der Waals surface area contributed by atoms with Crippen molar-refractivity contribution >= 4 is 12.2 Å². The number of hydrogen-bond acceptors (Lipinski definition) is 6. The van der Waals surface area contributed by atoms with Crippen molar-refractivity contribution in [2.24, 2.45) is 0 Å². The summed E-state index contributed by atoms with van der Waals surface area (Å²) in [6, 6.07) is 6.61. The zero-order valence-electron chi connectivity index (χ0n) is 17.4. The first-order chi connectivity index (χ1) is 15.4. The van der Waals surface area contributed by atoms with Gasteiger partial charge in [-0.3, -0.25) is 9.78 Å². The number of hydrogen-bond donors (Lipinski definition) is 2. The lowest BCUT2D eigenvalue weighted by Gasteiger charge is -2.35. The lowest BCUT2D eigenvalue weighted by atomic mass is 9.87. The van der Waals surface area contributed by atoms with Gasteiger partial charge in [0.2, 0.25) is 12.5 Å². The second-order valence-electron chi connectivity index (χ2n) is 7.79. The summed E-state index contributed by atoms with van der Waals surface area (Å²) < 4.78 is 31.4. The lowest BCUT2D eigenvalue weighted by molar-refractivity contribution is -0.908. The Bertz CT molecular complexity index is 1340. The van der Waals surface area contributed by atoms with E-state index >= 15 is 0 Å². The van der Waals surface area contributed by atoms with Gasteiger partial charge in [0, 0.05) is 12.1 Å². The van der Waals surface area contributed by atoms with Gasteiger partial charge in [-0.2, -0.15) is 0 Å². The van der Waals surface area contributed by atoms with E-state index in [0.29, 0.717) is 41.5 Å². The molecule has 1 unspecified atom stereocenters. The zero-order valence-corrected chi connectivity index (χ0v) is 18.2. The topological polar surface area (TPSA) is 93.0 Å². The van der Waals surface area contributed by atoms with E-state index in [9.17, 15) is 14.3 Å². The van der Waals surface area contributed by atoms with Crippen LogP contribution in [0.5, 0.6) is 23.1 Å². The standard InChI is InChI=1S/C22H20FN3O5S/c1-25-8-7-11-9-14-18(31-10-30-14)19(29-2)15(11)17(25)16-20(27)24-22(32)26(21(16)28)13-5-3-12(23)4-6-13/h3-6,9,17,28H,7-8,10H2,1-2H3,(H,24,27,32)/t17-/m0/s1. The summed E-state index contributed by atoms with van der Waals surface area (Å²) in [4.78, 5) is 16.6. The zero-order chi connectivity index (χ0) is 22.6. The number of benzene rings is 2. The molecule has 0 saturated carbocycles. The Labute approximate surface area is 187 Å². The summed E-state index contributed by atoms with van der Waals surface area (Å²) in [5.74, 6) is 0.498. The van der Waals surface area contributed by atoms with Crippen molar-refractivity contribution in [2.75, 3.05) is 27.5 Å². The number of ether oxygens (including phenoxy) is 3. The second-order valence-corrected chi connectivity index (χ2v) is 8.17. The van der Waals surface area contributed by atoms with Gasteiger partial charge >= 0.3 is 0 Å².